The van der Waals surface area contributed by atoms with Crippen LogP contribution in [0.25, 0.3) is 28.2 Å². The number of alkyl halides is 3. The molecule has 4 aromatic rings. The average Bonchev–Trinajstić information content (AvgIpc) is 3.33. The van der Waals surface area contributed by atoms with Gasteiger partial charge in [0.05, 0.1) is 22.6 Å². The van der Waals surface area contributed by atoms with E-state index in [0.29, 0.717) is 5.56 Å². The highest BCUT2D eigenvalue weighted by Crippen LogP contribution is 2.34. The highest BCUT2D eigenvalue weighted by Gasteiger charge is 2.35. The molecule has 0 aliphatic heterocycles. The summed E-state index contributed by atoms with van der Waals surface area (Å²) in [6, 6.07) is 10.7. The first-order chi connectivity index (χ1) is 14.9. The molecule has 0 aliphatic rings. The van der Waals surface area contributed by atoms with Crippen LogP contribution in [-0.4, -0.2) is 29.4 Å². The Morgan fingerprint density at radius 3 is 2.19 bits per heavy atom. The van der Waals surface area contributed by atoms with E-state index >= 15 is 0 Å². The maximum Gasteiger partial charge on any atom is 0.435 e. The van der Waals surface area contributed by atoms with Crippen molar-refractivity contribution in [3.8, 4) is 28.2 Å². The van der Waals surface area contributed by atoms with Crippen LogP contribution in [0, 0.1) is 12.7 Å². The number of hydrogen-bond donors (Lipinski definition) is 0. The number of halogens is 4. The summed E-state index contributed by atoms with van der Waals surface area (Å²) < 4.78 is 78.8. The molecule has 0 fully saturated rings. The van der Waals surface area contributed by atoms with Crippen molar-refractivity contribution in [2.75, 3.05) is 6.26 Å². The minimum Gasteiger partial charge on any atom is -0.244 e. The van der Waals surface area contributed by atoms with Crippen LogP contribution in [-0.2, 0) is 16.0 Å². The second-order valence-corrected chi connectivity index (χ2v) is 10.1. The molecule has 0 aliphatic carbocycles. The fourth-order valence-electron chi connectivity index (χ4n) is 3.23. The van der Waals surface area contributed by atoms with Crippen LogP contribution in [0.5, 0.6) is 0 Å². The molecule has 0 bridgehead atoms. The van der Waals surface area contributed by atoms with Gasteiger partial charge >= 0.3 is 6.18 Å². The lowest BCUT2D eigenvalue weighted by atomic mass is 10.1. The van der Waals surface area contributed by atoms with Gasteiger partial charge in [-0.1, -0.05) is 24.3 Å². The van der Waals surface area contributed by atoms with Crippen molar-refractivity contribution in [3.63, 3.8) is 0 Å². The van der Waals surface area contributed by atoms with Gasteiger partial charge in [-0.25, -0.2) is 22.5 Å². The molecule has 0 amide bonds. The lowest BCUT2D eigenvalue weighted by Gasteiger charge is -2.10. The summed E-state index contributed by atoms with van der Waals surface area (Å²) in [5.41, 5.74) is 2.59. The Bertz CT molecular complexity index is 1410. The van der Waals surface area contributed by atoms with Gasteiger partial charge in [0.1, 0.15) is 10.7 Å². The molecule has 0 saturated heterocycles. The Balaban J connectivity index is 1.84. The topological polar surface area (TPSA) is 64.8 Å². The molecular weight excluding hydrogens is 466 g/mol. The van der Waals surface area contributed by atoms with Crippen LogP contribution in [0.3, 0.4) is 0 Å². The smallest absolute Gasteiger partial charge is 0.244 e. The van der Waals surface area contributed by atoms with E-state index in [0.717, 1.165) is 45.3 Å². The van der Waals surface area contributed by atoms with Gasteiger partial charge in [0.2, 0.25) is 0 Å². The third-order valence-electron chi connectivity index (χ3n) is 4.76. The van der Waals surface area contributed by atoms with Crippen LogP contribution in [0.15, 0.2) is 58.9 Å². The molecule has 5 nitrogen and oxygen atoms in total. The highest BCUT2D eigenvalue weighted by molar-refractivity contribution is 7.90. The lowest BCUT2D eigenvalue weighted by Crippen LogP contribution is -2.08. The number of hydrogen-bond acceptors (Lipinski definition) is 5. The summed E-state index contributed by atoms with van der Waals surface area (Å²) in [7, 11) is -3.83. The summed E-state index contributed by atoms with van der Waals surface area (Å²) in [6.07, 6.45) is -3.87. The third kappa shape index (κ3) is 4.17. The first-order valence-corrected chi connectivity index (χ1v) is 11.9. The third-order valence-corrected chi connectivity index (χ3v) is 6.65. The lowest BCUT2D eigenvalue weighted by molar-refractivity contribution is -0.141. The predicted molar refractivity (Wildman–Crippen MR) is 113 cm³/mol. The van der Waals surface area contributed by atoms with Gasteiger partial charge < -0.3 is 0 Å². The van der Waals surface area contributed by atoms with E-state index in [1.54, 1.807) is 29.8 Å². The van der Waals surface area contributed by atoms with Gasteiger partial charge in [0, 0.05) is 28.3 Å². The standard InChI is InChI=1S/C21H15F4N3O2S2/c1-12-20(26-11-31-12)14-5-3-13(4-6-14)17-10-19(21(23,24)25)27-28(17)15-7-8-18(16(22)9-15)32(2,29)30/h3-11H,1-2H3. The highest BCUT2D eigenvalue weighted by atomic mass is 32.2. The normalized spacial score (nSPS) is 12.3. The molecule has 166 valence electrons. The van der Waals surface area contributed by atoms with Crippen LogP contribution >= 0.6 is 11.3 Å². The van der Waals surface area contributed by atoms with E-state index in [1.165, 1.54) is 17.4 Å². The largest absolute Gasteiger partial charge is 0.435 e. The zero-order valence-electron chi connectivity index (χ0n) is 16.7. The fraction of sp³-hybridized carbons (Fsp3) is 0.143. The van der Waals surface area contributed by atoms with E-state index in [9.17, 15) is 26.0 Å². The number of aryl methyl sites for hydroxylation is 1. The van der Waals surface area contributed by atoms with E-state index in [1.807, 2.05) is 6.92 Å². The first kappa shape index (κ1) is 22.2. The van der Waals surface area contributed by atoms with Crippen molar-refractivity contribution in [2.45, 2.75) is 18.0 Å². The Kier molecular flexibility index (Phi) is 5.41. The number of aromatic nitrogens is 3. The minimum absolute atomic E-state index is 0.0418. The maximum atomic E-state index is 14.4. The molecule has 0 unspecified atom stereocenters. The molecule has 0 radical (unpaired) electrons. The Morgan fingerprint density at radius 1 is 1.00 bits per heavy atom. The number of nitrogens with zero attached hydrogens (tertiary/aromatic N) is 3. The zero-order chi connectivity index (χ0) is 23.3. The number of rotatable bonds is 4. The number of benzene rings is 2. The van der Waals surface area contributed by atoms with Crippen molar-refractivity contribution in [1.82, 2.24) is 14.8 Å². The maximum absolute atomic E-state index is 14.4. The van der Waals surface area contributed by atoms with Crippen molar-refractivity contribution in [1.29, 1.82) is 0 Å². The molecular formula is C21H15F4N3O2S2. The van der Waals surface area contributed by atoms with Crippen molar-refractivity contribution < 1.29 is 26.0 Å². The first-order valence-electron chi connectivity index (χ1n) is 9.13. The Hall–Kier alpha value is -3.05. The fourth-order valence-corrected chi connectivity index (χ4v) is 4.55. The minimum atomic E-state index is -4.72. The van der Waals surface area contributed by atoms with Gasteiger partial charge in [-0.3, -0.25) is 0 Å². The van der Waals surface area contributed by atoms with Crippen molar-refractivity contribution >= 4 is 21.2 Å². The van der Waals surface area contributed by atoms with Gasteiger partial charge in [-0.05, 0) is 25.1 Å². The van der Waals surface area contributed by atoms with Crippen LogP contribution in [0.1, 0.15) is 10.6 Å². The van der Waals surface area contributed by atoms with Crippen molar-refractivity contribution in [2.24, 2.45) is 0 Å². The second-order valence-electron chi connectivity index (χ2n) is 7.05. The van der Waals surface area contributed by atoms with Gasteiger partial charge in [-0.2, -0.15) is 18.3 Å². The summed E-state index contributed by atoms with van der Waals surface area (Å²) in [6.45, 7) is 1.92. The Morgan fingerprint density at radius 2 is 1.66 bits per heavy atom. The van der Waals surface area contributed by atoms with E-state index < -0.39 is 32.4 Å². The monoisotopic (exact) mass is 481 g/mol. The van der Waals surface area contributed by atoms with Crippen LogP contribution < -0.4 is 0 Å². The molecule has 2 aromatic carbocycles. The molecule has 2 heterocycles. The summed E-state index contributed by atoms with van der Waals surface area (Å²) in [4.78, 5) is 4.75. The van der Waals surface area contributed by atoms with E-state index in [4.69, 9.17) is 0 Å². The van der Waals surface area contributed by atoms with Crippen LogP contribution in [0.2, 0.25) is 0 Å². The number of sulfone groups is 1. The van der Waals surface area contributed by atoms with E-state index in [-0.39, 0.29) is 11.4 Å². The number of thiazole rings is 1. The molecule has 32 heavy (non-hydrogen) atoms. The summed E-state index contributed by atoms with van der Waals surface area (Å²) >= 11 is 1.48. The molecule has 0 atom stereocenters. The molecule has 11 heteroatoms. The zero-order valence-corrected chi connectivity index (χ0v) is 18.3. The summed E-state index contributed by atoms with van der Waals surface area (Å²) in [5, 5.41) is 3.61. The molecule has 4 rings (SSSR count). The van der Waals surface area contributed by atoms with Gasteiger partial charge in [-0.15, -0.1) is 11.3 Å². The SMILES string of the molecule is Cc1scnc1-c1ccc(-c2cc(C(F)(F)F)nn2-c2ccc(S(C)(=O)=O)c(F)c2)cc1. The van der Waals surface area contributed by atoms with Crippen LogP contribution in [0.4, 0.5) is 17.6 Å². The predicted octanol–water partition coefficient (Wildman–Crippen LogP) is 5.53. The second kappa shape index (κ2) is 7.82. The quantitative estimate of drug-likeness (QED) is 0.360. The molecule has 0 spiro atoms. The van der Waals surface area contributed by atoms with Gasteiger partial charge in [0.15, 0.2) is 15.5 Å². The van der Waals surface area contributed by atoms with Gasteiger partial charge in [0.25, 0.3) is 0 Å². The average molecular weight is 481 g/mol. The Labute approximate surface area is 184 Å². The van der Waals surface area contributed by atoms with Crippen molar-refractivity contribution in [3.05, 3.63) is 70.4 Å². The molecule has 0 N–H and O–H groups in total. The summed E-state index contributed by atoms with van der Waals surface area (Å²) in [5.74, 6) is -1.07. The van der Waals surface area contributed by atoms with E-state index in [2.05, 4.69) is 10.1 Å². The molecule has 2 aromatic heterocycles. The molecule has 0 saturated carbocycles.